The highest BCUT2D eigenvalue weighted by Crippen LogP contribution is 2.31. The molecule has 7 heteroatoms. The molecule has 0 saturated carbocycles. The number of benzene rings is 2. The maximum atomic E-state index is 12.2. The van der Waals surface area contributed by atoms with Crippen LogP contribution in [0.4, 0.5) is 5.69 Å². The fraction of sp³-hybridized carbons (Fsp3) is 0. The van der Waals surface area contributed by atoms with Gasteiger partial charge in [0.25, 0.3) is 10.0 Å². The summed E-state index contributed by atoms with van der Waals surface area (Å²) in [6, 6.07) is 11.9. The number of sulfonamides is 1. The molecule has 20 heavy (non-hydrogen) atoms. The summed E-state index contributed by atoms with van der Waals surface area (Å²) in [6.45, 7) is 0. The Morgan fingerprint density at radius 3 is 2.60 bits per heavy atom. The second kappa shape index (κ2) is 5.41. The lowest BCUT2D eigenvalue weighted by molar-refractivity contribution is 0.459. The van der Waals surface area contributed by atoms with E-state index in [1.54, 1.807) is 12.1 Å². The van der Waals surface area contributed by atoms with Gasteiger partial charge < -0.3 is 5.11 Å². The summed E-state index contributed by atoms with van der Waals surface area (Å²) >= 11 is 5.69. The Bertz CT molecular complexity index is 798. The van der Waals surface area contributed by atoms with Crippen LogP contribution in [0, 0.1) is 11.3 Å². The number of nitriles is 1. The summed E-state index contributed by atoms with van der Waals surface area (Å²) in [5, 5.41) is 18.4. The van der Waals surface area contributed by atoms with Gasteiger partial charge in [0.2, 0.25) is 0 Å². The van der Waals surface area contributed by atoms with E-state index in [1.165, 1.54) is 30.3 Å². The SMILES string of the molecule is N#Cc1cccc(NS(=O)(=O)c2cccc(Cl)c2O)c1. The van der Waals surface area contributed by atoms with Crippen LogP contribution in [-0.4, -0.2) is 13.5 Å². The van der Waals surface area contributed by atoms with E-state index in [2.05, 4.69) is 4.72 Å². The number of hydrogen-bond acceptors (Lipinski definition) is 4. The molecule has 2 aromatic rings. The quantitative estimate of drug-likeness (QED) is 0.912. The van der Waals surface area contributed by atoms with E-state index in [0.717, 1.165) is 0 Å². The van der Waals surface area contributed by atoms with Gasteiger partial charge in [-0.15, -0.1) is 0 Å². The molecule has 2 aromatic carbocycles. The number of nitrogens with one attached hydrogen (secondary N) is 1. The van der Waals surface area contributed by atoms with Crippen LogP contribution in [0.2, 0.25) is 5.02 Å². The summed E-state index contributed by atoms with van der Waals surface area (Å²) in [5.74, 6) is -0.516. The van der Waals surface area contributed by atoms with Gasteiger partial charge in [0.15, 0.2) is 5.75 Å². The van der Waals surface area contributed by atoms with Gasteiger partial charge >= 0.3 is 0 Å². The predicted octanol–water partition coefficient (Wildman–Crippen LogP) is 2.72. The van der Waals surface area contributed by atoms with Crippen molar-refractivity contribution in [2.45, 2.75) is 4.90 Å². The third kappa shape index (κ3) is 2.85. The van der Waals surface area contributed by atoms with Crippen molar-refractivity contribution < 1.29 is 13.5 Å². The second-order valence-corrected chi connectivity index (χ2v) is 5.94. The minimum absolute atomic E-state index is 0.0568. The zero-order valence-corrected chi connectivity index (χ0v) is 11.6. The van der Waals surface area contributed by atoms with Crippen LogP contribution in [0.15, 0.2) is 47.4 Å². The van der Waals surface area contributed by atoms with Crippen molar-refractivity contribution in [1.82, 2.24) is 0 Å². The van der Waals surface area contributed by atoms with Crippen LogP contribution >= 0.6 is 11.6 Å². The molecule has 2 N–H and O–H groups in total. The molecule has 0 bridgehead atoms. The van der Waals surface area contributed by atoms with Crippen LogP contribution in [0.1, 0.15) is 5.56 Å². The molecule has 0 fully saturated rings. The molecule has 0 aliphatic carbocycles. The average molecular weight is 309 g/mol. The van der Waals surface area contributed by atoms with Crippen molar-refractivity contribution in [3.63, 3.8) is 0 Å². The van der Waals surface area contributed by atoms with Gasteiger partial charge in [-0.3, -0.25) is 4.72 Å². The summed E-state index contributed by atoms with van der Waals surface area (Å²) in [5.41, 5.74) is 0.545. The van der Waals surface area contributed by atoms with Crippen molar-refractivity contribution in [1.29, 1.82) is 5.26 Å². The number of aromatic hydroxyl groups is 1. The van der Waals surface area contributed by atoms with Gasteiger partial charge in [0, 0.05) is 0 Å². The zero-order chi connectivity index (χ0) is 14.8. The Kier molecular flexibility index (Phi) is 3.84. The molecule has 0 aromatic heterocycles. The summed E-state index contributed by atoms with van der Waals surface area (Å²) < 4.78 is 26.6. The first-order valence-corrected chi connectivity index (χ1v) is 7.30. The van der Waals surface area contributed by atoms with Crippen LogP contribution in [0.5, 0.6) is 5.75 Å². The molecule has 5 nitrogen and oxygen atoms in total. The standard InChI is InChI=1S/C13H9ClN2O3S/c14-11-5-2-6-12(13(11)17)20(18,19)16-10-4-1-3-9(7-10)8-15/h1-7,16-17H. The van der Waals surface area contributed by atoms with Gasteiger partial charge in [-0.2, -0.15) is 5.26 Å². The van der Waals surface area contributed by atoms with E-state index in [1.807, 2.05) is 6.07 Å². The van der Waals surface area contributed by atoms with Crippen molar-refractivity contribution in [3.05, 3.63) is 53.1 Å². The molecule has 0 amide bonds. The number of halogens is 1. The minimum Gasteiger partial charge on any atom is -0.505 e. The third-order valence-electron chi connectivity index (χ3n) is 2.48. The Morgan fingerprint density at radius 1 is 1.20 bits per heavy atom. The molecule has 102 valence electrons. The monoisotopic (exact) mass is 308 g/mol. The lowest BCUT2D eigenvalue weighted by Crippen LogP contribution is -2.13. The third-order valence-corrected chi connectivity index (χ3v) is 4.20. The maximum absolute atomic E-state index is 12.2. The smallest absolute Gasteiger partial charge is 0.265 e. The van der Waals surface area contributed by atoms with Crippen LogP contribution < -0.4 is 4.72 Å². The largest absolute Gasteiger partial charge is 0.505 e. The molecule has 0 aliphatic rings. The molecule has 0 saturated heterocycles. The minimum atomic E-state index is -3.99. The van der Waals surface area contributed by atoms with Crippen molar-refractivity contribution >= 4 is 27.3 Å². The number of anilines is 1. The highest BCUT2D eigenvalue weighted by atomic mass is 35.5. The molecule has 2 rings (SSSR count). The van der Waals surface area contributed by atoms with E-state index in [4.69, 9.17) is 16.9 Å². The Balaban J connectivity index is 2.41. The first kappa shape index (κ1) is 14.2. The average Bonchev–Trinajstić information content (AvgIpc) is 2.41. The van der Waals surface area contributed by atoms with E-state index in [-0.39, 0.29) is 15.6 Å². The fourth-order valence-electron chi connectivity index (χ4n) is 1.57. The van der Waals surface area contributed by atoms with Gasteiger partial charge in [0.05, 0.1) is 22.3 Å². The normalized spacial score (nSPS) is 10.8. The van der Waals surface area contributed by atoms with Crippen LogP contribution in [0.3, 0.4) is 0 Å². The van der Waals surface area contributed by atoms with E-state index >= 15 is 0 Å². The van der Waals surface area contributed by atoms with E-state index in [0.29, 0.717) is 5.56 Å². The first-order chi connectivity index (χ1) is 9.44. The molecule has 0 heterocycles. The Hall–Kier alpha value is -2.23. The second-order valence-electron chi connectivity index (χ2n) is 3.88. The molecule has 0 atom stereocenters. The molecule has 0 unspecified atom stereocenters. The highest BCUT2D eigenvalue weighted by Gasteiger charge is 2.20. The van der Waals surface area contributed by atoms with E-state index in [9.17, 15) is 13.5 Å². The van der Waals surface area contributed by atoms with Crippen LogP contribution in [0.25, 0.3) is 0 Å². The lowest BCUT2D eigenvalue weighted by atomic mass is 10.2. The fourth-order valence-corrected chi connectivity index (χ4v) is 2.97. The summed E-state index contributed by atoms with van der Waals surface area (Å²) in [6.07, 6.45) is 0. The van der Waals surface area contributed by atoms with Crippen molar-refractivity contribution in [2.75, 3.05) is 4.72 Å². The zero-order valence-electron chi connectivity index (χ0n) is 10.0. The maximum Gasteiger partial charge on any atom is 0.265 e. The van der Waals surface area contributed by atoms with Crippen molar-refractivity contribution in [2.24, 2.45) is 0 Å². The number of rotatable bonds is 3. The lowest BCUT2D eigenvalue weighted by Gasteiger charge is -2.10. The number of phenolic OH excluding ortho intramolecular Hbond substituents is 1. The number of nitrogens with zero attached hydrogens (tertiary/aromatic N) is 1. The highest BCUT2D eigenvalue weighted by molar-refractivity contribution is 7.92. The molecular weight excluding hydrogens is 300 g/mol. The van der Waals surface area contributed by atoms with Gasteiger partial charge in [0.1, 0.15) is 4.90 Å². The van der Waals surface area contributed by atoms with Gasteiger partial charge in [-0.25, -0.2) is 8.42 Å². The molecular formula is C13H9ClN2O3S. The van der Waals surface area contributed by atoms with Crippen molar-refractivity contribution in [3.8, 4) is 11.8 Å². The molecule has 0 spiro atoms. The van der Waals surface area contributed by atoms with E-state index < -0.39 is 15.8 Å². The number of para-hydroxylation sites is 1. The Morgan fingerprint density at radius 2 is 1.90 bits per heavy atom. The summed E-state index contributed by atoms with van der Waals surface area (Å²) in [7, 11) is -3.99. The van der Waals surface area contributed by atoms with Gasteiger partial charge in [-0.05, 0) is 30.3 Å². The predicted molar refractivity (Wildman–Crippen MR) is 75.1 cm³/mol. The molecule has 0 aliphatic heterocycles. The number of hydrogen-bond donors (Lipinski definition) is 2. The number of phenols is 1. The summed E-state index contributed by atoms with van der Waals surface area (Å²) in [4.78, 5) is -0.327. The first-order valence-electron chi connectivity index (χ1n) is 5.44. The topological polar surface area (TPSA) is 90.2 Å². The van der Waals surface area contributed by atoms with Gasteiger partial charge in [-0.1, -0.05) is 23.7 Å². The molecule has 0 radical (unpaired) electrons. The van der Waals surface area contributed by atoms with Crippen LogP contribution in [-0.2, 0) is 10.0 Å². The Labute approximate surface area is 121 Å².